The number of hydrogen-bond donors (Lipinski definition) is 4. The average Bonchev–Trinajstić information content (AvgIpc) is 3.28. The number of carboxylic acids is 3. The van der Waals surface area contributed by atoms with Crippen LogP contribution in [0.1, 0.15) is 297 Å². The zero-order valence-electron chi connectivity index (χ0n) is 48.9. The Bertz CT molecular complexity index is 1540. The van der Waals surface area contributed by atoms with E-state index in [0.29, 0.717) is 32.1 Å². The molecule has 0 bridgehead atoms. The second-order valence-corrected chi connectivity index (χ2v) is 23.9. The monoisotopic (exact) mass is 1250 g/mol. The van der Waals surface area contributed by atoms with Gasteiger partial charge in [-0.2, -0.15) is 16.8 Å². The Balaban J connectivity index is -0.000000101. The Hall–Kier alpha value is 1.75. The first-order chi connectivity index (χ1) is 33.7. The minimum absolute atomic E-state index is 0. The molecule has 0 spiro atoms. The fraction of sp³-hybridized carbons (Fsp3) is 0.906. The van der Waals surface area contributed by atoms with Gasteiger partial charge in [-0.05, 0) is 64.2 Å². The van der Waals surface area contributed by atoms with E-state index in [9.17, 15) is 40.9 Å². The molecule has 77 heavy (non-hydrogen) atoms. The van der Waals surface area contributed by atoms with Crippen molar-refractivity contribution in [3.05, 3.63) is 12.2 Å². The van der Waals surface area contributed by atoms with Crippen molar-refractivity contribution in [1.29, 1.82) is 0 Å². The van der Waals surface area contributed by atoms with Crippen LogP contribution in [0.3, 0.4) is 0 Å². The smallest absolute Gasteiger partial charge is 1.00 e. The van der Waals surface area contributed by atoms with Crippen LogP contribution in [0.25, 0.3) is 0 Å². The van der Waals surface area contributed by atoms with E-state index in [-0.39, 0.29) is 137 Å². The molecule has 0 aromatic heterocycles. The number of hydrogen-bond acceptors (Lipinski definition) is 12. The predicted octanol–water partition coefficient (Wildman–Crippen LogP) is 3.49. The molecule has 0 rings (SSSR count). The molecule has 0 aliphatic carbocycles. The van der Waals surface area contributed by atoms with Crippen molar-refractivity contribution >= 4 is 71.2 Å². The number of carboxylic acid groups (broad SMARTS) is 3. The van der Waals surface area contributed by atoms with E-state index in [1.54, 1.807) is 0 Å². The third-order valence-electron chi connectivity index (χ3n) is 12.2. The van der Waals surface area contributed by atoms with Crippen LogP contribution in [0.2, 0.25) is 0 Å². The molecule has 0 saturated heterocycles. The van der Waals surface area contributed by atoms with E-state index in [1.807, 2.05) is 0 Å². The van der Waals surface area contributed by atoms with Gasteiger partial charge in [-0.3, -0.25) is 18.7 Å². The minimum Gasteiger partial charge on any atom is -1.00 e. The van der Waals surface area contributed by atoms with Gasteiger partial charge >= 0.3 is 110 Å². The van der Waals surface area contributed by atoms with Gasteiger partial charge in [0.15, 0.2) is 0 Å². The normalized spacial score (nSPS) is 11.4. The number of unbranched alkanes of at least 4 members (excludes halogenated alkanes) is 30. The van der Waals surface area contributed by atoms with Crippen LogP contribution >= 0.6 is 23.1 Å². The average molecular weight is 1250 g/mol. The zero-order chi connectivity index (χ0) is 54.3. The molecule has 0 aromatic carbocycles. The van der Waals surface area contributed by atoms with Crippen LogP contribution in [0.5, 0.6) is 0 Å². The summed E-state index contributed by atoms with van der Waals surface area (Å²) in [5.41, 5.74) is 0. The summed E-state index contributed by atoms with van der Waals surface area (Å²) in [6.45, 7) is 6.60. The molecule has 0 radical (unpaired) electrons. The standard InChI is InChI=1S/C18H36O5S.C18H34O2.C17H33O4S.ClHO3S.2ClH.3Na.H2O/c1-2-3-4-5-8-11-14-17(24(21,22)23)15-12-9-6-7-10-13-16-18(19)20;1-2-3-4-5-6-7-8-9-10-11-12-13-14-15-16-17-18(19)20;1-2-3-4-7-10-13-16(22(20)21)14-11-8-5-6-9-12-15-17(18)19;1-5(2,3)4;;;;;;/h17H,2-16H2,1H3,(H,19,20)(H,21,22,23);9-10H,2-8,11-17H2,1H3,(H,19,20);16H,2-15H2,1H3,(H,18,19);(H,2,3,4);2*1H;;;;1H2/q;;-1;;;;3*+1;/p-3. The van der Waals surface area contributed by atoms with Crippen LogP contribution < -0.4 is 106 Å². The summed E-state index contributed by atoms with van der Waals surface area (Å²) >= 11 is 0. The molecule has 450 valence electrons. The topological polar surface area (TPSA) is 288 Å². The fourth-order valence-corrected chi connectivity index (χ4v) is 9.60. The van der Waals surface area contributed by atoms with Gasteiger partial charge < -0.3 is 46.4 Å². The van der Waals surface area contributed by atoms with Crippen molar-refractivity contribution in [2.45, 2.75) is 307 Å². The van der Waals surface area contributed by atoms with E-state index in [1.165, 1.54) is 109 Å². The van der Waals surface area contributed by atoms with Crippen LogP contribution in [0.15, 0.2) is 12.2 Å². The van der Waals surface area contributed by atoms with Crippen LogP contribution in [-0.4, -0.2) is 70.0 Å². The Morgan fingerprint density at radius 1 is 0.468 bits per heavy atom. The van der Waals surface area contributed by atoms with Gasteiger partial charge in [0.1, 0.15) is 0 Å². The quantitative estimate of drug-likeness (QED) is 0.0169. The van der Waals surface area contributed by atoms with Gasteiger partial charge in [-0.15, -0.1) is 12.4 Å². The first kappa shape index (κ1) is 101. The van der Waals surface area contributed by atoms with Gasteiger partial charge in [-0.1, -0.05) is 248 Å². The van der Waals surface area contributed by atoms with Gasteiger partial charge in [-0.25, -0.2) is 0 Å². The molecule has 15 nitrogen and oxygen atoms in total. The molecule has 0 heterocycles. The van der Waals surface area contributed by atoms with Gasteiger partial charge in [0.25, 0.3) is 10.1 Å². The van der Waals surface area contributed by atoms with Crippen molar-refractivity contribution < 1.29 is 171 Å². The number of halogens is 3. The molecular weight excluding hydrogens is 1150 g/mol. The second-order valence-electron chi connectivity index (χ2n) is 19.0. The predicted molar refractivity (Wildman–Crippen MR) is 299 cm³/mol. The Morgan fingerprint density at radius 3 is 0.948 bits per heavy atom. The number of carbonyl (C=O) groups excluding carboxylic acids is 1. The molecule has 0 fully saturated rings. The summed E-state index contributed by atoms with van der Waals surface area (Å²) in [6, 6.07) is 0. The van der Waals surface area contributed by atoms with Crippen molar-refractivity contribution in [3.8, 4) is 0 Å². The molecule has 0 aliphatic heterocycles. The van der Waals surface area contributed by atoms with Crippen LogP contribution in [-0.2, 0) is 53.0 Å². The molecule has 2 unspecified atom stereocenters. The zero-order valence-corrected chi connectivity index (χ0v) is 59.7. The maximum Gasteiger partial charge on any atom is 1.00 e. The summed E-state index contributed by atoms with van der Waals surface area (Å²) in [4.78, 5) is 31.0. The summed E-state index contributed by atoms with van der Waals surface area (Å²) < 4.78 is 79.9. The Labute approximate surface area is 555 Å². The molecular formula is C53H105Cl3Na3O15S3-. The van der Waals surface area contributed by atoms with Crippen molar-refractivity contribution in [3.63, 3.8) is 0 Å². The van der Waals surface area contributed by atoms with Crippen molar-refractivity contribution in [2.24, 2.45) is 0 Å². The number of aliphatic carboxylic acids is 3. The van der Waals surface area contributed by atoms with Crippen molar-refractivity contribution in [1.82, 2.24) is 0 Å². The first-order valence-electron chi connectivity index (χ1n) is 27.7. The SMILES string of the molecule is CCCCCCCC(CCCCCCCCC(=O)[O-])[S-](=O)=O.CCCCCCCCC(CCCCCCCCC(=O)O)S(=O)(=O)O.CCCCCCCCC=CCCCCCCCC(=O)O.Cl.O=S(=O)(O)Cl.[Cl-].[Na+].[Na+].[Na+].[OH-]. The fourth-order valence-electron chi connectivity index (χ4n) is 7.96. The molecule has 0 aromatic rings. The van der Waals surface area contributed by atoms with Gasteiger partial charge in [0.05, 0.1) is 5.25 Å². The molecule has 24 heteroatoms. The number of carbonyl (C=O) groups is 3. The molecule has 2 atom stereocenters. The molecule has 5 N–H and O–H groups in total. The second kappa shape index (κ2) is 77.8. The van der Waals surface area contributed by atoms with Gasteiger partial charge in [0, 0.05) is 29.5 Å². The Kier molecular flexibility index (Phi) is 102. The van der Waals surface area contributed by atoms with E-state index in [2.05, 4.69) is 43.6 Å². The third-order valence-corrected chi connectivity index (χ3v) is 14.5. The largest absolute Gasteiger partial charge is 1.00 e. The number of rotatable bonds is 48. The number of allylic oxidation sites excluding steroid dienone is 2. The molecule has 0 saturated carbocycles. The third kappa shape index (κ3) is 103. The molecule has 0 aliphatic rings. The summed E-state index contributed by atoms with van der Waals surface area (Å²) in [5.74, 6) is -2.39. The van der Waals surface area contributed by atoms with Crippen LogP contribution in [0.4, 0.5) is 0 Å². The van der Waals surface area contributed by atoms with Crippen LogP contribution in [0, 0.1) is 0 Å². The maximum absolute atomic E-state index is 11.5. The van der Waals surface area contributed by atoms with E-state index in [4.69, 9.17) is 23.2 Å². The summed E-state index contributed by atoms with van der Waals surface area (Å²) in [5, 5.41) is 26.5. The van der Waals surface area contributed by atoms with Gasteiger partial charge in [0.2, 0.25) is 0 Å². The Morgan fingerprint density at radius 2 is 0.701 bits per heavy atom. The van der Waals surface area contributed by atoms with Crippen molar-refractivity contribution in [2.75, 3.05) is 0 Å². The minimum atomic E-state index is -4.19. The van der Waals surface area contributed by atoms with E-state index >= 15 is 0 Å². The molecule has 0 amide bonds. The first-order valence-corrected chi connectivity index (χ1v) is 32.6. The summed E-state index contributed by atoms with van der Waals surface area (Å²) in [6.07, 6.45) is 47.8. The van der Waals surface area contributed by atoms with E-state index in [0.717, 1.165) is 122 Å². The van der Waals surface area contributed by atoms with E-state index < -0.39 is 53.3 Å². The maximum atomic E-state index is 11.5. The summed E-state index contributed by atoms with van der Waals surface area (Å²) in [7, 11) is -6.02.